The summed E-state index contributed by atoms with van der Waals surface area (Å²) in [7, 11) is 1.86. The van der Waals surface area contributed by atoms with Gasteiger partial charge in [0.2, 0.25) is 5.91 Å². The Morgan fingerprint density at radius 2 is 1.66 bits per heavy atom. The van der Waals surface area contributed by atoms with Crippen LogP contribution < -0.4 is 11.1 Å². The fourth-order valence-electron chi connectivity index (χ4n) is 5.39. The zero-order valence-corrected chi connectivity index (χ0v) is 17.3. The van der Waals surface area contributed by atoms with E-state index in [2.05, 4.69) is 5.32 Å². The molecule has 2 unspecified atom stereocenters. The van der Waals surface area contributed by atoms with Gasteiger partial charge in [-0.15, -0.1) is 0 Å². The normalized spacial score (nSPS) is 29.9. The number of hydrogen-bond acceptors (Lipinski definition) is 4. The Bertz CT molecular complexity index is 715. The van der Waals surface area contributed by atoms with Crippen LogP contribution >= 0.6 is 0 Å². The van der Waals surface area contributed by atoms with Gasteiger partial charge in [-0.25, -0.2) is 0 Å². The Balaban J connectivity index is 1.34. The third-order valence-corrected chi connectivity index (χ3v) is 7.24. The third-order valence-electron chi connectivity index (χ3n) is 7.24. The monoisotopic (exact) mass is 399 g/mol. The SMILES string of the molecule is CN(C(=O)c1ccc(NC(=O)C2CC3CCCC(C2)C3N)cc1)C1CCOCC1. The highest BCUT2D eigenvalue weighted by atomic mass is 16.5. The largest absolute Gasteiger partial charge is 0.381 e. The fourth-order valence-corrected chi connectivity index (χ4v) is 5.39. The van der Waals surface area contributed by atoms with Gasteiger partial charge in [0.1, 0.15) is 0 Å². The van der Waals surface area contributed by atoms with E-state index in [1.165, 1.54) is 6.42 Å². The molecule has 6 heteroatoms. The van der Waals surface area contributed by atoms with Gasteiger partial charge >= 0.3 is 0 Å². The number of amides is 2. The highest BCUT2D eigenvalue weighted by Crippen LogP contribution is 2.42. The van der Waals surface area contributed by atoms with Crippen molar-refractivity contribution in [1.29, 1.82) is 0 Å². The van der Waals surface area contributed by atoms with Crippen molar-refractivity contribution in [3.05, 3.63) is 29.8 Å². The van der Waals surface area contributed by atoms with Crippen molar-refractivity contribution in [2.75, 3.05) is 25.6 Å². The molecule has 2 aliphatic carbocycles. The quantitative estimate of drug-likeness (QED) is 0.815. The van der Waals surface area contributed by atoms with Gasteiger partial charge in [0.15, 0.2) is 0 Å². The summed E-state index contributed by atoms with van der Waals surface area (Å²) in [5.41, 5.74) is 7.75. The van der Waals surface area contributed by atoms with E-state index in [1.807, 2.05) is 24.1 Å². The van der Waals surface area contributed by atoms with Crippen molar-refractivity contribution in [2.24, 2.45) is 23.5 Å². The summed E-state index contributed by atoms with van der Waals surface area (Å²) in [5.74, 6) is 1.13. The molecule has 4 rings (SSSR count). The zero-order valence-electron chi connectivity index (χ0n) is 17.3. The van der Waals surface area contributed by atoms with E-state index in [0.717, 1.165) is 44.2 Å². The van der Waals surface area contributed by atoms with E-state index in [-0.39, 0.29) is 29.8 Å². The number of carbonyl (C=O) groups excluding carboxylic acids is 2. The van der Waals surface area contributed by atoms with Crippen molar-refractivity contribution in [3.8, 4) is 0 Å². The highest BCUT2D eigenvalue weighted by molar-refractivity contribution is 5.96. The maximum Gasteiger partial charge on any atom is 0.253 e. The number of benzene rings is 1. The summed E-state index contributed by atoms with van der Waals surface area (Å²) in [6.45, 7) is 1.42. The summed E-state index contributed by atoms with van der Waals surface area (Å²) < 4.78 is 5.38. The van der Waals surface area contributed by atoms with Crippen LogP contribution in [0.3, 0.4) is 0 Å². The molecule has 1 aromatic rings. The average Bonchev–Trinajstić information content (AvgIpc) is 2.73. The van der Waals surface area contributed by atoms with Crippen LogP contribution in [0.1, 0.15) is 55.3 Å². The molecule has 1 aromatic carbocycles. The predicted octanol–water partition coefficient (Wildman–Crippen LogP) is 3.03. The van der Waals surface area contributed by atoms with Crippen molar-refractivity contribution in [2.45, 2.75) is 57.0 Å². The van der Waals surface area contributed by atoms with Crippen molar-refractivity contribution in [1.82, 2.24) is 4.90 Å². The van der Waals surface area contributed by atoms with Crippen molar-refractivity contribution >= 4 is 17.5 Å². The first-order valence-corrected chi connectivity index (χ1v) is 11.0. The number of fused-ring (bicyclic) bond motifs is 2. The molecule has 2 saturated carbocycles. The number of rotatable bonds is 4. The van der Waals surface area contributed by atoms with Crippen molar-refractivity contribution < 1.29 is 14.3 Å². The second kappa shape index (κ2) is 8.84. The molecule has 1 saturated heterocycles. The molecule has 0 aromatic heterocycles. The fraction of sp³-hybridized carbons (Fsp3) is 0.652. The van der Waals surface area contributed by atoms with Gasteiger partial charge in [0, 0.05) is 49.5 Å². The average molecular weight is 400 g/mol. The summed E-state index contributed by atoms with van der Waals surface area (Å²) in [6, 6.07) is 7.77. The number of nitrogens with one attached hydrogen (secondary N) is 1. The van der Waals surface area contributed by atoms with Gasteiger partial charge in [-0.3, -0.25) is 9.59 Å². The molecule has 0 radical (unpaired) electrons. The van der Waals surface area contributed by atoms with Crippen LogP contribution in [0.5, 0.6) is 0 Å². The topological polar surface area (TPSA) is 84.7 Å². The summed E-state index contributed by atoms with van der Waals surface area (Å²) in [5, 5.41) is 3.05. The van der Waals surface area contributed by atoms with E-state index < -0.39 is 0 Å². The maximum absolute atomic E-state index is 12.8. The molecule has 29 heavy (non-hydrogen) atoms. The first kappa shape index (κ1) is 20.4. The van der Waals surface area contributed by atoms with Gasteiger partial charge in [-0.2, -0.15) is 0 Å². The summed E-state index contributed by atoms with van der Waals surface area (Å²) in [6.07, 6.45) is 7.10. The number of ether oxygens (including phenoxy) is 1. The van der Waals surface area contributed by atoms with Crippen LogP contribution in [0.4, 0.5) is 5.69 Å². The molecular weight excluding hydrogens is 366 g/mol. The zero-order chi connectivity index (χ0) is 20.4. The van der Waals surface area contributed by atoms with Crippen LogP contribution in [-0.2, 0) is 9.53 Å². The Morgan fingerprint density at radius 1 is 1.03 bits per heavy atom. The van der Waals surface area contributed by atoms with E-state index in [4.69, 9.17) is 10.5 Å². The molecule has 0 spiro atoms. The molecule has 1 aliphatic heterocycles. The molecular formula is C23H33N3O3. The minimum absolute atomic E-state index is 0.0175. The highest BCUT2D eigenvalue weighted by Gasteiger charge is 2.40. The first-order chi connectivity index (χ1) is 14.0. The Hall–Kier alpha value is -1.92. The van der Waals surface area contributed by atoms with Crippen LogP contribution in [0.2, 0.25) is 0 Å². The summed E-state index contributed by atoms with van der Waals surface area (Å²) >= 11 is 0. The molecule has 2 bridgehead atoms. The lowest BCUT2D eigenvalue weighted by Gasteiger charge is -2.43. The van der Waals surface area contributed by atoms with E-state index in [1.54, 1.807) is 12.1 Å². The van der Waals surface area contributed by atoms with Gasteiger partial charge in [0.25, 0.3) is 5.91 Å². The second-order valence-electron chi connectivity index (χ2n) is 9.02. The minimum Gasteiger partial charge on any atom is -0.381 e. The van der Waals surface area contributed by atoms with E-state index >= 15 is 0 Å². The Kier molecular flexibility index (Phi) is 6.20. The van der Waals surface area contributed by atoms with Gasteiger partial charge in [0.05, 0.1) is 0 Å². The van der Waals surface area contributed by atoms with Gasteiger partial charge in [-0.05, 0) is 74.6 Å². The Labute approximate surface area is 173 Å². The number of anilines is 1. The number of nitrogens with zero attached hydrogens (tertiary/aromatic N) is 1. The molecule has 3 N–H and O–H groups in total. The summed E-state index contributed by atoms with van der Waals surface area (Å²) in [4.78, 5) is 27.4. The number of carbonyl (C=O) groups is 2. The lowest BCUT2D eigenvalue weighted by Crippen LogP contribution is -2.48. The third kappa shape index (κ3) is 4.48. The van der Waals surface area contributed by atoms with Crippen LogP contribution in [0.15, 0.2) is 24.3 Å². The molecule has 1 heterocycles. The van der Waals surface area contributed by atoms with Crippen molar-refractivity contribution in [3.63, 3.8) is 0 Å². The number of hydrogen-bond donors (Lipinski definition) is 2. The molecule has 3 fully saturated rings. The predicted molar refractivity (Wildman–Crippen MR) is 113 cm³/mol. The van der Waals surface area contributed by atoms with Crippen LogP contribution in [0, 0.1) is 17.8 Å². The van der Waals surface area contributed by atoms with Crippen LogP contribution in [-0.4, -0.2) is 49.1 Å². The molecule has 2 atom stereocenters. The maximum atomic E-state index is 12.8. The molecule has 158 valence electrons. The number of nitrogens with two attached hydrogens (primary N) is 1. The van der Waals surface area contributed by atoms with E-state index in [0.29, 0.717) is 30.6 Å². The minimum atomic E-state index is 0.0175. The standard InChI is InChI=1S/C23H33N3O3/c1-26(20-9-11-29-12-10-20)23(28)15-5-7-19(8-6-15)25-22(27)18-13-16-3-2-4-17(14-18)21(16)24/h5-8,16-18,20-21H,2-4,9-14,24H2,1H3,(H,25,27). The van der Waals surface area contributed by atoms with Crippen LogP contribution in [0.25, 0.3) is 0 Å². The lowest BCUT2D eigenvalue weighted by atomic mass is 9.65. The molecule has 3 aliphatic rings. The Morgan fingerprint density at radius 3 is 2.28 bits per heavy atom. The first-order valence-electron chi connectivity index (χ1n) is 11.0. The van der Waals surface area contributed by atoms with Gasteiger partial charge in [-0.1, -0.05) is 6.42 Å². The second-order valence-corrected chi connectivity index (χ2v) is 9.02. The molecule has 6 nitrogen and oxygen atoms in total. The van der Waals surface area contributed by atoms with E-state index in [9.17, 15) is 9.59 Å². The lowest BCUT2D eigenvalue weighted by molar-refractivity contribution is -0.122. The van der Waals surface area contributed by atoms with Gasteiger partial charge < -0.3 is 20.7 Å². The molecule has 2 amide bonds. The smallest absolute Gasteiger partial charge is 0.253 e.